The van der Waals surface area contributed by atoms with Gasteiger partial charge in [0.15, 0.2) is 0 Å². The number of amides is 1. The van der Waals surface area contributed by atoms with Gasteiger partial charge in [0.05, 0.1) is 5.69 Å². The van der Waals surface area contributed by atoms with Crippen molar-refractivity contribution in [2.45, 2.75) is 25.9 Å². The Morgan fingerprint density at radius 2 is 2.00 bits per heavy atom. The van der Waals surface area contributed by atoms with Gasteiger partial charge in [0.2, 0.25) is 5.91 Å². The number of aromatic nitrogens is 2. The number of hydrogen-bond acceptors (Lipinski definition) is 5. The molecule has 0 atom stereocenters. The molecule has 1 aliphatic rings. The average Bonchev–Trinajstić information content (AvgIpc) is 3.56. The molecule has 0 aliphatic heterocycles. The number of hydrogen-bond donors (Lipinski definition) is 3. The molecule has 0 radical (unpaired) electrons. The molecule has 0 bridgehead atoms. The van der Waals surface area contributed by atoms with Crippen molar-refractivity contribution in [3.05, 3.63) is 54.2 Å². The number of nitrogen functional groups attached to an aromatic ring is 1. The molecular weight excluding hydrogens is 419 g/mol. The van der Waals surface area contributed by atoms with Crippen molar-refractivity contribution < 1.29 is 18.0 Å². The summed E-state index contributed by atoms with van der Waals surface area (Å²) in [5.41, 5.74) is 9.08. The zero-order chi connectivity index (χ0) is 23.0. The van der Waals surface area contributed by atoms with Crippen LogP contribution in [0.1, 0.15) is 24.0 Å². The number of pyridine rings is 2. The highest BCUT2D eigenvalue weighted by Gasteiger charge is 2.30. The van der Waals surface area contributed by atoms with Gasteiger partial charge >= 0.3 is 6.18 Å². The van der Waals surface area contributed by atoms with E-state index in [0.29, 0.717) is 28.3 Å². The SMILES string of the molecule is C=C(NCC(F)(F)F)c1ccc(-c2cc3cc(NC(=O)C4CC4)ncc3c(N)n2)c(C)c1. The average molecular weight is 441 g/mol. The smallest absolute Gasteiger partial charge is 0.383 e. The Balaban J connectivity index is 1.61. The highest BCUT2D eigenvalue weighted by atomic mass is 19.4. The van der Waals surface area contributed by atoms with Gasteiger partial charge in [0.25, 0.3) is 0 Å². The number of fused-ring (bicyclic) bond motifs is 1. The first-order valence-electron chi connectivity index (χ1n) is 10.1. The predicted octanol–water partition coefficient (Wildman–Crippen LogP) is 4.66. The minimum absolute atomic E-state index is 0.0371. The van der Waals surface area contributed by atoms with Crippen molar-refractivity contribution in [2.75, 3.05) is 17.6 Å². The number of nitrogens with one attached hydrogen (secondary N) is 2. The fourth-order valence-corrected chi connectivity index (χ4v) is 3.40. The van der Waals surface area contributed by atoms with Crippen LogP contribution in [0, 0.1) is 12.8 Å². The molecule has 2 aromatic heterocycles. The summed E-state index contributed by atoms with van der Waals surface area (Å²) in [5.74, 6) is 0.770. The molecule has 3 aromatic rings. The molecule has 1 amide bonds. The van der Waals surface area contributed by atoms with E-state index >= 15 is 0 Å². The monoisotopic (exact) mass is 441 g/mol. The quantitative estimate of drug-likeness (QED) is 0.518. The van der Waals surface area contributed by atoms with Gasteiger partial charge in [-0.1, -0.05) is 18.7 Å². The number of halogens is 3. The van der Waals surface area contributed by atoms with E-state index in [-0.39, 0.29) is 17.5 Å². The number of aryl methyl sites for hydroxylation is 1. The molecule has 0 unspecified atom stereocenters. The Morgan fingerprint density at radius 1 is 1.25 bits per heavy atom. The molecule has 4 rings (SSSR count). The molecule has 2 heterocycles. The van der Waals surface area contributed by atoms with Crippen LogP contribution in [0.3, 0.4) is 0 Å². The molecule has 1 saturated carbocycles. The van der Waals surface area contributed by atoms with Crippen molar-refractivity contribution in [3.8, 4) is 11.3 Å². The molecule has 0 spiro atoms. The Kier molecular flexibility index (Phi) is 5.50. The summed E-state index contributed by atoms with van der Waals surface area (Å²) in [6, 6.07) is 8.80. The second-order valence-corrected chi connectivity index (χ2v) is 7.92. The third kappa shape index (κ3) is 4.82. The van der Waals surface area contributed by atoms with Crippen LogP contribution < -0.4 is 16.4 Å². The lowest BCUT2D eigenvalue weighted by molar-refractivity contribution is -0.122. The molecule has 1 fully saturated rings. The topological polar surface area (TPSA) is 92.9 Å². The van der Waals surface area contributed by atoms with Gasteiger partial charge in [-0.05, 0) is 54.5 Å². The third-order valence-corrected chi connectivity index (χ3v) is 5.30. The summed E-state index contributed by atoms with van der Waals surface area (Å²) in [7, 11) is 0. The van der Waals surface area contributed by atoms with E-state index in [2.05, 4.69) is 27.2 Å². The zero-order valence-corrected chi connectivity index (χ0v) is 17.4. The maximum atomic E-state index is 12.5. The zero-order valence-electron chi connectivity index (χ0n) is 17.4. The normalized spacial score (nSPS) is 13.8. The summed E-state index contributed by atoms with van der Waals surface area (Å²) in [6.07, 6.45) is -0.950. The number of rotatable bonds is 6. The Morgan fingerprint density at radius 3 is 2.66 bits per heavy atom. The fourth-order valence-electron chi connectivity index (χ4n) is 3.40. The summed E-state index contributed by atoms with van der Waals surface area (Å²) in [4.78, 5) is 20.8. The van der Waals surface area contributed by atoms with Crippen molar-refractivity contribution in [1.82, 2.24) is 15.3 Å². The molecule has 4 N–H and O–H groups in total. The van der Waals surface area contributed by atoms with E-state index in [9.17, 15) is 18.0 Å². The minimum atomic E-state index is -4.32. The van der Waals surface area contributed by atoms with Crippen LogP contribution >= 0.6 is 0 Å². The van der Waals surface area contributed by atoms with E-state index in [4.69, 9.17) is 5.73 Å². The van der Waals surface area contributed by atoms with Crippen LogP contribution in [0.2, 0.25) is 0 Å². The lowest BCUT2D eigenvalue weighted by atomic mass is 9.99. The van der Waals surface area contributed by atoms with Crippen molar-refractivity contribution in [1.29, 1.82) is 0 Å². The van der Waals surface area contributed by atoms with E-state index in [1.807, 2.05) is 13.0 Å². The number of benzene rings is 1. The van der Waals surface area contributed by atoms with Gasteiger partial charge < -0.3 is 16.4 Å². The second-order valence-electron chi connectivity index (χ2n) is 7.92. The van der Waals surface area contributed by atoms with Gasteiger partial charge in [-0.15, -0.1) is 0 Å². The lowest BCUT2D eigenvalue weighted by Crippen LogP contribution is -2.27. The van der Waals surface area contributed by atoms with Crippen LogP contribution in [-0.4, -0.2) is 28.6 Å². The van der Waals surface area contributed by atoms with Crippen molar-refractivity contribution in [3.63, 3.8) is 0 Å². The van der Waals surface area contributed by atoms with Gasteiger partial charge in [-0.25, -0.2) is 9.97 Å². The predicted molar refractivity (Wildman–Crippen MR) is 119 cm³/mol. The molecule has 6 nitrogen and oxygen atoms in total. The van der Waals surface area contributed by atoms with Crippen LogP contribution in [0.25, 0.3) is 27.7 Å². The highest BCUT2D eigenvalue weighted by molar-refractivity contribution is 5.98. The first-order chi connectivity index (χ1) is 15.1. The second kappa shape index (κ2) is 8.14. The molecule has 0 saturated heterocycles. The Bertz CT molecular complexity index is 1220. The number of alkyl halides is 3. The first-order valence-corrected chi connectivity index (χ1v) is 10.1. The summed E-state index contributed by atoms with van der Waals surface area (Å²) in [5, 5.41) is 6.55. The van der Waals surface area contributed by atoms with Crippen molar-refractivity contribution in [2.24, 2.45) is 5.92 Å². The number of carbonyl (C=O) groups excluding carboxylic acids is 1. The maximum Gasteiger partial charge on any atom is 0.405 e. The van der Waals surface area contributed by atoms with E-state index in [0.717, 1.165) is 29.4 Å². The van der Waals surface area contributed by atoms with Gasteiger partial charge in [0.1, 0.15) is 18.2 Å². The summed E-state index contributed by atoms with van der Waals surface area (Å²) in [6.45, 7) is 4.38. The van der Waals surface area contributed by atoms with Gasteiger partial charge in [-0.2, -0.15) is 13.2 Å². The van der Waals surface area contributed by atoms with Crippen LogP contribution in [0.4, 0.5) is 24.8 Å². The molecule has 1 aromatic carbocycles. The van der Waals surface area contributed by atoms with E-state index in [1.165, 1.54) is 0 Å². The largest absolute Gasteiger partial charge is 0.405 e. The number of carbonyl (C=O) groups is 1. The van der Waals surface area contributed by atoms with Crippen molar-refractivity contribution >= 4 is 34.0 Å². The number of nitrogens with zero attached hydrogens (tertiary/aromatic N) is 2. The first kappa shape index (κ1) is 21.6. The standard InChI is InChI=1S/C23H22F3N5O/c1-12-7-15(13(2)29-11-23(24,25)26)5-6-17(12)19-8-16-9-20(31-22(32)14-3-4-14)28-10-18(16)21(27)30-19/h5-10,14,29H,2-4,11H2,1H3,(H2,27,30)(H,28,31,32). The Hall–Kier alpha value is -3.62. The third-order valence-electron chi connectivity index (χ3n) is 5.30. The molecule has 166 valence electrons. The molecule has 9 heteroatoms. The molecular formula is C23H22F3N5O. The summed E-state index contributed by atoms with van der Waals surface area (Å²) >= 11 is 0. The number of nitrogens with two attached hydrogens (primary N) is 1. The number of anilines is 2. The van der Waals surface area contributed by atoms with Crippen LogP contribution in [-0.2, 0) is 4.79 Å². The lowest BCUT2D eigenvalue weighted by Gasteiger charge is -2.14. The van der Waals surface area contributed by atoms with E-state index in [1.54, 1.807) is 30.5 Å². The van der Waals surface area contributed by atoms with Crippen LogP contribution in [0.5, 0.6) is 0 Å². The minimum Gasteiger partial charge on any atom is -0.383 e. The van der Waals surface area contributed by atoms with Gasteiger partial charge in [-0.3, -0.25) is 4.79 Å². The maximum absolute atomic E-state index is 12.5. The molecule has 32 heavy (non-hydrogen) atoms. The van der Waals surface area contributed by atoms with E-state index < -0.39 is 12.7 Å². The molecule has 1 aliphatic carbocycles. The highest BCUT2D eigenvalue weighted by Crippen LogP contribution is 2.32. The van der Waals surface area contributed by atoms with Crippen LogP contribution in [0.15, 0.2) is 43.1 Å². The Labute approximate surface area is 182 Å². The van der Waals surface area contributed by atoms with Gasteiger partial charge in [0, 0.05) is 28.8 Å². The fraction of sp³-hybridized carbons (Fsp3) is 0.261. The summed E-state index contributed by atoms with van der Waals surface area (Å²) < 4.78 is 37.4.